The van der Waals surface area contributed by atoms with Crippen LogP contribution < -0.4 is 18.9 Å². The summed E-state index contributed by atoms with van der Waals surface area (Å²) >= 11 is 0. The normalized spacial score (nSPS) is 20.2. The third-order valence-corrected chi connectivity index (χ3v) is 7.12. The molecule has 3 aliphatic rings. The third-order valence-electron chi connectivity index (χ3n) is 7.12. The maximum absolute atomic E-state index is 6.23. The second kappa shape index (κ2) is 8.31. The van der Waals surface area contributed by atoms with Gasteiger partial charge in [0.05, 0.1) is 7.11 Å². The van der Waals surface area contributed by atoms with Crippen LogP contribution in [0.25, 0.3) is 0 Å². The molecule has 3 aliphatic heterocycles. The first-order valence-corrected chi connectivity index (χ1v) is 11.8. The van der Waals surface area contributed by atoms with Crippen molar-refractivity contribution in [2.75, 3.05) is 20.4 Å². The number of hydrogen-bond acceptors (Lipinski definition) is 5. The molecule has 0 fully saturated rings. The Kier molecular flexibility index (Phi) is 5.14. The molecular weight excluding hydrogens is 414 g/mol. The second-order valence-corrected chi connectivity index (χ2v) is 9.06. The molecule has 33 heavy (non-hydrogen) atoms. The Morgan fingerprint density at radius 2 is 1.58 bits per heavy atom. The lowest BCUT2D eigenvalue weighted by molar-refractivity contribution is 0.101. The highest BCUT2D eigenvalue weighted by Crippen LogP contribution is 2.51. The van der Waals surface area contributed by atoms with Gasteiger partial charge in [-0.15, -0.1) is 0 Å². The molecule has 170 valence electrons. The van der Waals surface area contributed by atoms with Crippen molar-refractivity contribution in [3.63, 3.8) is 0 Å². The van der Waals surface area contributed by atoms with E-state index in [1.807, 2.05) is 18.2 Å². The summed E-state index contributed by atoms with van der Waals surface area (Å²) in [6, 6.07) is 19.7. The highest BCUT2D eigenvalue weighted by molar-refractivity contribution is 5.56. The van der Waals surface area contributed by atoms with Crippen LogP contribution in [0.5, 0.6) is 23.0 Å². The van der Waals surface area contributed by atoms with E-state index < -0.39 is 0 Å². The molecule has 0 unspecified atom stereocenters. The van der Waals surface area contributed by atoms with Gasteiger partial charge in [0.15, 0.2) is 23.0 Å². The molecule has 3 heterocycles. The zero-order valence-electron chi connectivity index (χ0n) is 19.2. The summed E-state index contributed by atoms with van der Waals surface area (Å²) in [5.74, 6) is 3.36. The molecule has 0 aliphatic carbocycles. The minimum absolute atomic E-state index is 0.310. The molecule has 5 nitrogen and oxygen atoms in total. The first-order valence-electron chi connectivity index (χ1n) is 11.8. The highest BCUT2D eigenvalue weighted by atomic mass is 16.7. The van der Waals surface area contributed by atoms with E-state index in [1.54, 1.807) is 7.11 Å². The highest BCUT2D eigenvalue weighted by Gasteiger charge is 2.41. The van der Waals surface area contributed by atoms with Gasteiger partial charge in [-0.1, -0.05) is 37.3 Å². The number of ether oxygens (including phenoxy) is 4. The molecule has 0 saturated heterocycles. The van der Waals surface area contributed by atoms with Gasteiger partial charge in [0.1, 0.15) is 6.61 Å². The number of fused-ring (bicyclic) bond motifs is 7. The average molecular weight is 444 g/mol. The second-order valence-electron chi connectivity index (χ2n) is 9.06. The fraction of sp³-hybridized carbons (Fsp3) is 0.357. The van der Waals surface area contributed by atoms with Crippen LogP contribution in [-0.4, -0.2) is 25.3 Å². The van der Waals surface area contributed by atoms with E-state index in [2.05, 4.69) is 48.2 Å². The molecule has 5 heteroatoms. The zero-order valence-corrected chi connectivity index (χ0v) is 19.2. The monoisotopic (exact) mass is 443 g/mol. The van der Waals surface area contributed by atoms with Crippen molar-refractivity contribution in [1.29, 1.82) is 0 Å². The standard InChI is InChI=1S/C28H29NO4/c1-3-9-29-23-11-20-13-27-28(33-17-32-27)15-22(20)24(29)10-19-12-26(25(30-2)14-21(19)23)31-16-18-7-5-4-6-8-18/h4-8,12-15,23-24H,3,9-11,16-17H2,1-2H3/t23-,24-/m0/s1. The van der Waals surface area contributed by atoms with Crippen molar-refractivity contribution in [2.24, 2.45) is 0 Å². The van der Waals surface area contributed by atoms with Gasteiger partial charge < -0.3 is 18.9 Å². The van der Waals surface area contributed by atoms with E-state index >= 15 is 0 Å². The molecular formula is C28H29NO4. The van der Waals surface area contributed by atoms with Crippen LogP contribution in [-0.2, 0) is 19.4 Å². The molecule has 0 aromatic heterocycles. The van der Waals surface area contributed by atoms with Crippen molar-refractivity contribution < 1.29 is 18.9 Å². The fourth-order valence-electron chi connectivity index (χ4n) is 5.61. The summed E-state index contributed by atoms with van der Waals surface area (Å²) < 4.78 is 23.4. The largest absolute Gasteiger partial charge is 0.493 e. The van der Waals surface area contributed by atoms with Crippen molar-refractivity contribution in [3.05, 3.63) is 82.4 Å². The van der Waals surface area contributed by atoms with Gasteiger partial charge in [-0.05, 0) is 77.9 Å². The predicted octanol–water partition coefficient (Wildman–Crippen LogP) is 5.61. The number of methoxy groups -OCH3 is 1. The molecule has 2 atom stereocenters. The Bertz CT molecular complexity index is 1180. The van der Waals surface area contributed by atoms with Gasteiger partial charge in [-0.3, -0.25) is 4.90 Å². The van der Waals surface area contributed by atoms with E-state index in [0.29, 0.717) is 25.5 Å². The summed E-state index contributed by atoms with van der Waals surface area (Å²) in [6.07, 6.45) is 3.03. The summed E-state index contributed by atoms with van der Waals surface area (Å²) in [7, 11) is 1.73. The molecule has 0 spiro atoms. The number of rotatable bonds is 6. The van der Waals surface area contributed by atoms with Gasteiger partial charge in [-0.2, -0.15) is 0 Å². The molecule has 6 rings (SSSR count). The minimum atomic E-state index is 0.310. The first-order chi connectivity index (χ1) is 16.2. The molecule has 3 aromatic rings. The maximum Gasteiger partial charge on any atom is 0.231 e. The number of nitrogens with zero attached hydrogens (tertiary/aromatic N) is 1. The lowest BCUT2D eigenvalue weighted by Crippen LogP contribution is -2.43. The first kappa shape index (κ1) is 20.4. The number of hydrogen-bond donors (Lipinski definition) is 0. The Hall–Kier alpha value is -3.18. The number of benzene rings is 3. The summed E-state index contributed by atoms with van der Waals surface area (Å²) in [6.45, 7) is 4.16. The van der Waals surface area contributed by atoms with Crippen LogP contribution in [0.4, 0.5) is 0 Å². The molecule has 3 aromatic carbocycles. The molecule has 0 N–H and O–H groups in total. The quantitative estimate of drug-likeness (QED) is 0.495. The molecule has 0 saturated carbocycles. The summed E-state index contributed by atoms with van der Waals surface area (Å²) in [4.78, 5) is 2.66. The van der Waals surface area contributed by atoms with Crippen LogP contribution in [0.1, 0.15) is 53.2 Å². The Balaban J connectivity index is 1.38. The summed E-state index contributed by atoms with van der Waals surface area (Å²) in [5.41, 5.74) is 6.59. The zero-order chi connectivity index (χ0) is 22.4. The lowest BCUT2D eigenvalue weighted by Gasteiger charge is -2.48. The SMILES string of the molecule is CCCN1[C@H]2Cc3cc4c(cc3[C@@H]1Cc1cc(OCc3ccccc3)c(OC)cc12)OCO4. The average Bonchev–Trinajstić information content (AvgIpc) is 3.30. The molecule has 2 bridgehead atoms. The van der Waals surface area contributed by atoms with Crippen LogP contribution in [0, 0.1) is 0 Å². The smallest absolute Gasteiger partial charge is 0.231 e. The van der Waals surface area contributed by atoms with Crippen molar-refractivity contribution >= 4 is 0 Å². The van der Waals surface area contributed by atoms with E-state index in [0.717, 1.165) is 54.4 Å². The lowest BCUT2D eigenvalue weighted by atomic mass is 9.76. The predicted molar refractivity (Wildman–Crippen MR) is 126 cm³/mol. The van der Waals surface area contributed by atoms with Crippen LogP contribution in [0.15, 0.2) is 54.6 Å². The van der Waals surface area contributed by atoms with Crippen molar-refractivity contribution in [1.82, 2.24) is 4.90 Å². The van der Waals surface area contributed by atoms with Crippen molar-refractivity contribution in [3.8, 4) is 23.0 Å². The van der Waals surface area contributed by atoms with Gasteiger partial charge in [0.2, 0.25) is 6.79 Å². The van der Waals surface area contributed by atoms with Gasteiger partial charge in [-0.25, -0.2) is 0 Å². The fourth-order valence-corrected chi connectivity index (χ4v) is 5.61. The third kappa shape index (κ3) is 3.51. The Morgan fingerprint density at radius 3 is 2.30 bits per heavy atom. The Labute approximate surface area is 194 Å². The topological polar surface area (TPSA) is 40.2 Å². The van der Waals surface area contributed by atoms with Crippen LogP contribution in [0.3, 0.4) is 0 Å². The van der Waals surface area contributed by atoms with Gasteiger partial charge in [0.25, 0.3) is 0 Å². The van der Waals surface area contributed by atoms with Gasteiger partial charge in [0, 0.05) is 12.1 Å². The molecule has 0 radical (unpaired) electrons. The van der Waals surface area contributed by atoms with Crippen LogP contribution in [0.2, 0.25) is 0 Å². The van der Waals surface area contributed by atoms with E-state index in [1.165, 1.54) is 22.3 Å². The Morgan fingerprint density at radius 1 is 0.879 bits per heavy atom. The minimum Gasteiger partial charge on any atom is -0.493 e. The molecule has 0 amide bonds. The summed E-state index contributed by atoms with van der Waals surface area (Å²) in [5, 5.41) is 0. The van der Waals surface area contributed by atoms with E-state index in [-0.39, 0.29) is 0 Å². The van der Waals surface area contributed by atoms with E-state index in [9.17, 15) is 0 Å². The van der Waals surface area contributed by atoms with Crippen molar-refractivity contribution in [2.45, 2.75) is 44.9 Å². The van der Waals surface area contributed by atoms with Crippen LogP contribution >= 0.6 is 0 Å². The van der Waals surface area contributed by atoms with Gasteiger partial charge >= 0.3 is 0 Å². The maximum atomic E-state index is 6.23. The van der Waals surface area contributed by atoms with E-state index in [4.69, 9.17) is 18.9 Å².